The number of hydrogen-bond acceptors (Lipinski definition) is 8. The molecular formula is C25H28N8OS. The quantitative estimate of drug-likeness (QED) is 0.402. The predicted octanol–water partition coefficient (Wildman–Crippen LogP) is 4.20. The summed E-state index contributed by atoms with van der Waals surface area (Å²) in [5, 5.41) is 21.2. The van der Waals surface area contributed by atoms with E-state index in [0.29, 0.717) is 6.54 Å². The fraction of sp³-hybridized carbons (Fsp3) is 0.320. The summed E-state index contributed by atoms with van der Waals surface area (Å²) in [6, 6.07) is 13.8. The van der Waals surface area contributed by atoms with Gasteiger partial charge in [0.1, 0.15) is 5.82 Å². The van der Waals surface area contributed by atoms with Crippen molar-refractivity contribution in [3.63, 3.8) is 0 Å². The van der Waals surface area contributed by atoms with Gasteiger partial charge in [0.2, 0.25) is 16.2 Å². The number of benzene rings is 1. The molecule has 3 aromatic heterocycles. The molecule has 1 aliphatic heterocycles. The van der Waals surface area contributed by atoms with Gasteiger partial charge in [0.05, 0.1) is 12.2 Å². The van der Waals surface area contributed by atoms with Crippen LogP contribution >= 0.6 is 11.3 Å². The summed E-state index contributed by atoms with van der Waals surface area (Å²) in [7, 11) is 0. The second-order valence-corrected chi connectivity index (χ2v) is 9.68. The zero-order chi connectivity index (χ0) is 24.2. The predicted molar refractivity (Wildman–Crippen MR) is 138 cm³/mol. The van der Waals surface area contributed by atoms with Crippen molar-refractivity contribution in [2.45, 2.75) is 33.2 Å². The van der Waals surface area contributed by atoms with Crippen molar-refractivity contribution in [1.29, 1.82) is 0 Å². The Kier molecular flexibility index (Phi) is 6.71. The Morgan fingerprint density at radius 1 is 1.06 bits per heavy atom. The molecule has 1 fully saturated rings. The number of hydrogen-bond donors (Lipinski definition) is 2. The maximum Gasteiger partial charge on any atom is 0.234 e. The van der Waals surface area contributed by atoms with Gasteiger partial charge < -0.3 is 15.5 Å². The average molecular weight is 489 g/mol. The van der Waals surface area contributed by atoms with Crippen LogP contribution in [-0.2, 0) is 11.3 Å². The smallest absolute Gasteiger partial charge is 0.234 e. The molecule has 0 unspecified atom stereocenters. The highest BCUT2D eigenvalue weighted by Gasteiger charge is 2.27. The second kappa shape index (κ2) is 10.2. The minimum absolute atomic E-state index is 0.00239. The molecule has 10 heteroatoms. The van der Waals surface area contributed by atoms with Crippen LogP contribution in [0.3, 0.4) is 0 Å². The summed E-state index contributed by atoms with van der Waals surface area (Å²) in [5.74, 6) is 0.904. The molecule has 0 spiro atoms. The molecule has 2 N–H and O–H groups in total. The lowest BCUT2D eigenvalue weighted by molar-refractivity contribution is -0.120. The summed E-state index contributed by atoms with van der Waals surface area (Å²) >= 11 is 1.51. The van der Waals surface area contributed by atoms with Crippen molar-refractivity contribution in [2.24, 2.45) is 5.92 Å². The monoisotopic (exact) mass is 488 g/mol. The lowest BCUT2D eigenvalue weighted by Crippen LogP contribution is -2.38. The lowest BCUT2D eigenvalue weighted by Gasteiger charge is -2.30. The Bertz CT molecular complexity index is 1290. The third-order valence-corrected chi connectivity index (χ3v) is 7.17. The molecule has 1 aromatic carbocycles. The van der Waals surface area contributed by atoms with Gasteiger partial charge in [0.25, 0.3) is 0 Å². The van der Waals surface area contributed by atoms with Gasteiger partial charge in [-0.2, -0.15) is 5.10 Å². The van der Waals surface area contributed by atoms with Gasteiger partial charge in [-0.05, 0) is 56.0 Å². The van der Waals surface area contributed by atoms with Gasteiger partial charge in [0.15, 0.2) is 0 Å². The molecule has 4 heterocycles. The largest absolute Gasteiger partial charge is 0.364 e. The standard InChI is InChI=1S/C25H28N8OS/c1-17-7-8-22(26-15-17)27-16-20-9-12-28-33(20)25-31-30-24(35-25)32-13-10-19(11-14-32)23(34)29-21-6-4-3-5-18(21)2/h3-9,12,15,19H,10-11,13-14,16H2,1-2H3,(H,26,27)(H,29,34). The first-order valence-electron chi connectivity index (χ1n) is 11.7. The number of carbonyl (C=O) groups excluding carboxylic acids is 1. The number of aromatic nitrogens is 5. The maximum atomic E-state index is 12.8. The molecule has 1 amide bonds. The molecule has 4 aromatic rings. The van der Waals surface area contributed by atoms with E-state index in [1.54, 1.807) is 6.20 Å². The molecule has 0 aliphatic carbocycles. The van der Waals surface area contributed by atoms with Crippen LogP contribution in [0.5, 0.6) is 0 Å². The van der Waals surface area contributed by atoms with E-state index >= 15 is 0 Å². The summed E-state index contributed by atoms with van der Waals surface area (Å²) in [6.45, 7) is 6.14. The van der Waals surface area contributed by atoms with Crippen LogP contribution in [0, 0.1) is 19.8 Å². The van der Waals surface area contributed by atoms with Crippen molar-refractivity contribution in [3.8, 4) is 5.13 Å². The number of nitrogens with zero attached hydrogens (tertiary/aromatic N) is 6. The maximum absolute atomic E-state index is 12.8. The fourth-order valence-electron chi connectivity index (χ4n) is 4.09. The van der Waals surface area contributed by atoms with Crippen molar-refractivity contribution in [3.05, 3.63) is 71.7 Å². The first-order valence-corrected chi connectivity index (χ1v) is 12.5. The minimum Gasteiger partial charge on any atom is -0.364 e. The average Bonchev–Trinajstić information content (AvgIpc) is 3.55. The van der Waals surface area contributed by atoms with Gasteiger partial charge in [-0.1, -0.05) is 35.6 Å². The van der Waals surface area contributed by atoms with Crippen LogP contribution < -0.4 is 15.5 Å². The van der Waals surface area contributed by atoms with Crippen molar-refractivity contribution >= 4 is 33.9 Å². The zero-order valence-corrected chi connectivity index (χ0v) is 20.6. The number of nitrogens with one attached hydrogen (secondary N) is 2. The van der Waals surface area contributed by atoms with E-state index in [0.717, 1.165) is 64.5 Å². The number of piperidine rings is 1. The van der Waals surface area contributed by atoms with Gasteiger partial charge >= 0.3 is 0 Å². The summed E-state index contributed by atoms with van der Waals surface area (Å²) in [6.07, 6.45) is 5.17. The third kappa shape index (κ3) is 5.32. The molecule has 1 aliphatic rings. The van der Waals surface area contributed by atoms with Crippen molar-refractivity contribution in [2.75, 3.05) is 28.6 Å². The van der Waals surface area contributed by atoms with Crippen molar-refractivity contribution < 1.29 is 4.79 Å². The van der Waals surface area contributed by atoms with E-state index in [-0.39, 0.29) is 11.8 Å². The molecule has 0 saturated carbocycles. The molecule has 0 bridgehead atoms. The van der Waals surface area contributed by atoms with Gasteiger partial charge in [-0.15, -0.1) is 10.2 Å². The highest BCUT2D eigenvalue weighted by atomic mass is 32.1. The molecule has 0 atom stereocenters. The normalized spacial score (nSPS) is 14.2. The van der Waals surface area contributed by atoms with Gasteiger partial charge in [-0.3, -0.25) is 4.79 Å². The third-order valence-electron chi connectivity index (χ3n) is 6.21. The Balaban J connectivity index is 1.18. The van der Waals surface area contributed by atoms with E-state index in [1.165, 1.54) is 11.3 Å². The Labute approximate surface area is 208 Å². The molecule has 180 valence electrons. The summed E-state index contributed by atoms with van der Waals surface area (Å²) in [5.41, 5.74) is 4.05. The Hall–Kier alpha value is -3.79. The lowest BCUT2D eigenvalue weighted by atomic mass is 9.96. The number of carbonyl (C=O) groups is 1. The topological polar surface area (TPSA) is 101 Å². The van der Waals surface area contributed by atoms with E-state index < -0.39 is 0 Å². The number of aryl methyl sites for hydroxylation is 2. The van der Waals surface area contributed by atoms with E-state index in [9.17, 15) is 4.79 Å². The Morgan fingerprint density at radius 2 is 1.86 bits per heavy atom. The van der Waals surface area contributed by atoms with Gasteiger partial charge in [0, 0.05) is 37.1 Å². The number of anilines is 3. The minimum atomic E-state index is -0.00239. The molecule has 1 saturated heterocycles. The number of rotatable bonds is 7. The number of para-hydroxylation sites is 1. The SMILES string of the molecule is Cc1ccc(NCc2ccnn2-c2nnc(N3CCC(C(=O)Nc4ccccc4C)CC3)s2)nc1. The van der Waals surface area contributed by atoms with E-state index in [1.807, 2.05) is 67.2 Å². The van der Waals surface area contributed by atoms with Crippen LogP contribution in [0.25, 0.3) is 5.13 Å². The van der Waals surface area contributed by atoms with Crippen LogP contribution in [0.4, 0.5) is 16.6 Å². The molecule has 35 heavy (non-hydrogen) atoms. The molecular weight excluding hydrogens is 460 g/mol. The van der Waals surface area contributed by atoms with Crippen molar-refractivity contribution in [1.82, 2.24) is 25.0 Å². The highest BCUT2D eigenvalue weighted by molar-refractivity contribution is 7.17. The molecule has 0 radical (unpaired) electrons. The Morgan fingerprint density at radius 3 is 2.63 bits per heavy atom. The summed E-state index contributed by atoms with van der Waals surface area (Å²) in [4.78, 5) is 19.4. The molecule has 5 rings (SSSR count). The van der Waals surface area contributed by atoms with Crippen LogP contribution in [-0.4, -0.2) is 44.0 Å². The summed E-state index contributed by atoms with van der Waals surface area (Å²) < 4.78 is 1.81. The first-order chi connectivity index (χ1) is 17.1. The second-order valence-electron chi connectivity index (χ2n) is 8.74. The van der Waals surface area contributed by atoms with Crippen LogP contribution in [0.1, 0.15) is 29.7 Å². The zero-order valence-electron chi connectivity index (χ0n) is 19.8. The number of amides is 1. The first kappa shape index (κ1) is 23.0. The highest BCUT2D eigenvalue weighted by Crippen LogP contribution is 2.29. The van der Waals surface area contributed by atoms with Gasteiger partial charge in [-0.25, -0.2) is 9.67 Å². The number of pyridine rings is 1. The van der Waals surface area contributed by atoms with E-state index in [4.69, 9.17) is 0 Å². The van der Waals surface area contributed by atoms with Crippen LogP contribution in [0.2, 0.25) is 0 Å². The fourth-order valence-corrected chi connectivity index (χ4v) is 4.98. The molecule has 9 nitrogen and oxygen atoms in total. The van der Waals surface area contributed by atoms with E-state index in [2.05, 4.69) is 35.8 Å². The van der Waals surface area contributed by atoms with Crippen LogP contribution in [0.15, 0.2) is 54.9 Å².